The van der Waals surface area contributed by atoms with Crippen molar-refractivity contribution < 1.29 is 0 Å². The molecular weight excluding hydrogens is 314 g/mol. The van der Waals surface area contributed by atoms with Crippen LogP contribution in [0.4, 0.5) is 0 Å². The number of nitrogens with zero attached hydrogens (tertiary/aromatic N) is 2. The van der Waals surface area contributed by atoms with Gasteiger partial charge in [0, 0.05) is 12.1 Å². The Labute approximate surface area is 147 Å². The van der Waals surface area contributed by atoms with Crippen molar-refractivity contribution >= 4 is 10.9 Å². The fourth-order valence-corrected chi connectivity index (χ4v) is 4.79. The predicted molar refractivity (Wildman–Crippen MR) is 100 cm³/mol. The molecule has 2 aromatic rings. The zero-order valence-electron chi connectivity index (χ0n) is 14.8. The number of aromatic amines is 1. The van der Waals surface area contributed by atoms with E-state index < -0.39 is 0 Å². The molecule has 1 aliphatic heterocycles. The first-order chi connectivity index (χ1) is 12.2. The van der Waals surface area contributed by atoms with Crippen LogP contribution in [0.25, 0.3) is 10.9 Å². The van der Waals surface area contributed by atoms with Gasteiger partial charge in [0.2, 0.25) is 0 Å². The van der Waals surface area contributed by atoms with Crippen molar-refractivity contribution in [2.24, 2.45) is 0 Å². The van der Waals surface area contributed by atoms with Crippen molar-refractivity contribution in [3.63, 3.8) is 0 Å². The molecule has 2 fully saturated rings. The molecule has 0 atom stereocenters. The van der Waals surface area contributed by atoms with Gasteiger partial charge in [-0.15, -0.1) is 0 Å². The normalized spacial score (nSPS) is 21.4. The number of hydrogen-bond donors (Lipinski definition) is 1. The number of fused-ring (bicyclic) bond motifs is 1. The fraction of sp³-hybridized carbons (Fsp3) is 0.600. The van der Waals surface area contributed by atoms with Gasteiger partial charge in [0.15, 0.2) is 0 Å². The van der Waals surface area contributed by atoms with E-state index in [0.29, 0.717) is 17.4 Å². The molecule has 4 rings (SSSR count). The molecule has 1 aromatic carbocycles. The van der Waals surface area contributed by atoms with E-state index in [1.165, 1.54) is 43.1 Å². The molecule has 5 heteroatoms. The van der Waals surface area contributed by atoms with Crippen molar-refractivity contribution in [3.05, 3.63) is 45.1 Å². The van der Waals surface area contributed by atoms with Gasteiger partial charge in [-0.1, -0.05) is 37.8 Å². The van der Waals surface area contributed by atoms with Gasteiger partial charge >= 0.3 is 5.69 Å². The highest BCUT2D eigenvalue weighted by molar-refractivity contribution is 5.76. The summed E-state index contributed by atoms with van der Waals surface area (Å²) in [5.41, 5.74) is 0.175. The van der Waals surface area contributed by atoms with Crippen LogP contribution < -0.4 is 11.2 Å². The average molecular weight is 341 g/mol. The summed E-state index contributed by atoms with van der Waals surface area (Å²) in [6.07, 6.45) is 9.57. The SMILES string of the molecule is O=c1[nH]c2ccccc2c(=O)n1CC1(N2CCCCC2)CCCCC1. The summed E-state index contributed by atoms with van der Waals surface area (Å²) >= 11 is 0. The summed E-state index contributed by atoms with van der Waals surface area (Å²) in [6.45, 7) is 2.71. The Morgan fingerprint density at radius 1 is 0.920 bits per heavy atom. The lowest BCUT2D eigenvalue weighted by Gasteiger charge is -2.48. The van der Waals surface area contributed by atoms with Crippen LogP contribution >= 0.6 is 0 Å². The highest BCUT2D eigenvalue weighted by Crippen LogP contribution is 2.36. The first-order valence-corrected chi connectivity index (χ1v) is 9.67. The molecule has 2 heterocycles. The number of likely N-dealkylation sites (tertiary alicyclic amines) is 1. The van der Waals surface area contributed by atoms with Gasteiger partial charge in [-0.25, -0.2) is 4.79 Å². The molecule has 5 nitrogen and oxygen atoms in total. The van der Waals surface area contributed by atoms with Gasteiger partial charge in [0.25, 0.3) is 5.56 Å². The number of aromatic nitrogens is 2. The smallest absolute Gasteiger partial charge is 0.307 e. The van der Waals surface area contributed by atoms with Crippen molar-refractivity contribution in [1.29, 1.82) is 0 Å². The predicted octanol–water partition coefficient (Wildman–Crippen LogP) is 2.88. The molecule has 0 amide bonds. The number of para-hydroxylation sites is 1. The summed E-state index contributed by atoms with van der Waals surface area (Å²) in [4.78, 5) is 31.1. The molecule has 1 saturated carbocycles. The maximum absolute atomic E-state index is 13.0. The first-order valence-electron chi connectivity index (χ1n) is 9.67. The first kappa shape index (κ1) is 16.6. The van der Waals surface area contributed by atoms with Crippen molar-refractivity contribution in [3.8, 4) is 0 Å². The van der Waals surface area contributed by atoms with Crippen molar-refractivity contribution in [1.82, 2.24) is 14.5 Å². The van der Waals surface area contributed by atoms with Crippen molar-refractivity contribution in [2.45, 2.75) is 63.5 Å². The Bertz CT molecular complexity index is 855. The third-order valence-electron chi connectivity index (χ3n) is 6.15. The van der Waals surface area contributed by atoms with Gasteiger partial charge < -0.3 is 4.98 Å². The maximum atomic E-state index is 13.0. The van der Waals surface area contributed by atoms with E-state index in [4.69, 9.17) is 0 Å². The molecule has 1 saturated heterocycles. The second-order valence-electron chi connectivity index (χ2n) is 7.70. The lowest BCUT2D eigenvalue weighted by atomic mass is 9.79. The van der Waals surface area contributed by atoms with E-state index in [0.717, 1.165) is 25.9 Å². The minimum Gasteiger partial charge on any atom is -0.307 e. The number of H-pyrrole nitrogens is 1. The van der Waals surface area contributed by atoms with Gasteiger partial charge in [-0.2, -0.15) is 0 Å². The number of rotatable bonds is 3. The molecule has 25 heavy (non-hydrogen) atoms. The Morgan fingerprint density at radius 3 is 2.36 bits per heavy atom. The Kier molecular flexibility index (Phi) is 4.50. The Hall–Kier alpha value is -1.88. The molecule has 0 spiro atoms. The number of nitrogens with one attached hydrogen (secondary N) is 1. The highest BCUT2D eigenvalue weighted by atomic mass is 16.2. The molecule has 1 aromatic heterocycles. The standard InChI is InChI=1S/C20H27N3O2/c24-18-16-9-3-4-10-17(16)21-19(25)23(18)15-20(11-5-1-6-12-20)22-13-7-2-8-14-22/h3-4,9-10H,1-2,5-8,11-15H2,(H,21,25). The van der Waals surface area contributed by atoms with E-state index in [-0.39, 0.29) is 16.8 Å². The van der Waals surface area contributed by atoms with Crippen LogP contribution in [0.3, 0.4) is 0 Å². The molecule has 134 valence electrons. The molecule has 0 unspecified atom stereocenters. The molecular formula is C20H27N3O2. The summed E-state index contributed by atoms with van der Waals surface area (Å²) in [5, 5.41) is 0.603. The van der Waals surface area contributed by atoms with Gasteiger partial charge in [0.1, 0.15) is 0 Å². The van der Waals surface area contributed by atoms with Crippen LogP contribution in [0.1, 0.15) is 51.4 Å². The minimum atomic E-state index is -0.273. The summed E-state index contributed by atoms with van der Waals surface area (Å²) in [5.74, 6) is 0. The van der Waals surface area contributed by atoms with E-state index in [2.05, 4.69) is 9.88 Å². The molecule has 1 N–H and O–H groups in total. The maximum Gasteiger partial charge on any atom is 0.328 e. The Morgan fingerprint density at radius 2 is 1.60 bits per heavy atom. The topological polar surface area (TPSA) is 58.1 Å². The minimum absolute atomic E-state index is 0.0298. The van der Waals surface area contributed by atoms with E-state index in [9.17, 15) is 9.59 Å². The quantitative estimate of drug-likeness (QED) is 0.934. The van der Waals surface area contributed by atoms with Crippen LogP contribution in [0, 0.1) is 0 Å². The van der Waals surface area contributed by atoms with Gasteiger partial charge in [-0.3, -0.25) is 14.3 Å². The Balaban J connectivity index is 1.76. The third kappa shape index (κ3) is 3.06. The summed E-state index contributed by atoms with van der Waals surface area (Å²) < 4.78 is 1.46. The molecule has 0 radical (unpaired) electrons. The highest BCUT2D eigenvalue weighted by Gasteiger charge is 2.39. The third-order valence-corrected chi connectivity index (χ3v) is 6.15. The second-order valence-corrected chi connectivity index (χ2v) is 7.70. The van der Waals surface area contributed by atoms with Gasteiger partial charge in [-0.05, 0) is 50.9 Å². The van der Waals surface area contributed by atoms with Crippen LogP contribution in [-0.2, 0) is 6.54 Å². The summed E-state index contributed by atoms with van der Waals surface area (Å²) in [6, 6.07) is 7.30. The molecule has 1 aliphatic carbocycles. The summed E-state index contributed by atoms with van der Waals surface area (Å²) in [7, 11) is 0. The lowest BCUT2D eigenvalue weighted by molar-refractivity contribution is 0.0180. The van der Waals surface area contributed by atoms with Gasteiger partial charge in [0.05, 0.1) is 10.9 Å². The molecule has 2 aliphatic rings. The number of hydrogen-bond acceptors (Lipinski definition) is 3. The van der Waals surface area contributed by atoms with E-state index >= 15 is 0 Å². The molecule has 0 bridgehead atoms. The van der Waals surface area contributed by atoms with E-state index in [1.807, 2.05) is 12.1 Å². The van der Waals surface area contributed by atoms with Crippen LogP contribution in [-0.4, -0.2) is 33.1 Å². The van der Waals surface area contributed by atoms with Crippen molar-refractivity contribution in [2.75, 3.05) is 13.1 Å². The van der Waals surface area contributed by atoms with E-state index in [1.54, 1.807) is 12.1 Å². The number of piperidine rings is 1. The average Bonchev–Trinajstić information content (AvgIpc) is 2.67. The monoisotopic (exact) mass is 341 g/mol. The van der Waals surface area contributed by atoms with Crippen LogP contribution in [0.2, 0.25) is 0 Å². The largest absolute Gasteiger partial charge is 0.328 e. The lowest BCUT2D eigenvalue weighted by Crippen LogP contribution is -2.57. The second kappa shape index (κ2) is 6.79. The van der Waals surface area contributed by atoms with Crippen LogP contribution in [0.5, 0.6) is 0 Å². The number of benzene rings is 1. The zero-order valence-corrected chi connectivity index (χ0v) is 14.8. The zero-order chi connectivity index (χ0) is 17.3. The van der Waals surface area contributed by atoms with Crippen LogP contribution in [0.15, 0.2) is 33.9 Å². The fourth-order valence-electron chi connectivity index (χ4n) is 4.79.